The van der Waals surface area contributed by atoms with Crippen molar-refractivity contribution in [2.24, 2.45) is 0 Å². The molecule has 0 aromatic carbocycles. The highest BCUT2D eigenvalue weighted by atomic mass is 35.5. The average molecular weight is 290 g/mol. The van der Waals surface area contributed by atoms with Crippen LogP contribution in [0.4, 0.5) is 5.95 Å². The van der Waals surface area contributed by atoms with Crippen LogP contribution in [0, 0.1) is 0 Å². The lowest BCUT2D eigenvalue weighted by atomic mass is 10.4. The molecule has 1 N–H and O–H groups in total. The van der Waals surface area contributed by atoms with Crippen LogP contribution in [0.2, 0.25) is 5.28 Å². The van der Waals surface area contributed by atoms with Gasteiger partial charge in [-0.2, -0.15) is 26.7 Å². The number of ether oxygens (including phenoxy) is 1. The molecule has 100 valence electrons. The Bertz CT molecular complexity index is 389. The normalized spacial score (nSPS) is 16.6. The molecule has 2 rings (SSSR count). The molecule has 0 saturated carbocycles. The number of methoxy groups -OCH3 is 1. The van der Waals surface area contributed by atoms with Gasteiger partial charge in [0.1, 0.15) is 0 Å². The highest BCUT2D eigenvalue weighted by Gasteiger charge is 2.10. The fourth-order valence-electron chi connectivity index (χ4n) is 1.65. The molecule has 8 heteroatoms. The van der Waals surface area contributed by atoms with E-state index < -0.39 is 0 Å². The summed E-state index contributed by atoms with van der Waals surface area (Å²) in [5.41, 5.74) is 0. The number of hydrogen-bond donors (Lipinski definition) is 1. The fourth-order valence-corrected chi connectivity index (χ4v) is 2.78. The molecule has 6 nitrogen and oxygen atoms in total. The van der Waals surface area contributed by atoms with Crippen LogP contribution in [0.15, 0.2) is 0 Å². The van der Waals surface area contributed by atoms with Crippen LogP contribution in [-0.2, 0) is 0 Å². The molecule has 1 aliphatic heterocycles. The maximum Gasteiger partial charge on any atom is 0.322 e. The Morgan fingerprint density at radius 3 is 2.83 bits per heavy atom. The number of halogens is 1. The van der Waals surface area contributed by atoms with Crippen LogP contribution in [0.25, 0.3) is 0 Å². The molecular weight excluding hydrogens is 274 g/mol. The van der Waals surface area contributed by atoms with Gasteiger partial charge in [-0.15, -0.1) is 0 Å². The molecule has 1 aromatic rings. The van der Waals surface area contributed by atoms with Crippen LogP contribution in [-0.4, -0.2) is 64.6 Å². The third kappa shape index (κ3) is 4.15. The van der Waals surface area contributed by atoms with Crippen molar-refractivity contribution in [1.29, 1.82) is 0 Å². The smallest absolute Gasteiger partial charge is 0.322 e. The Morgan fingerprint density at radius 1 is 1.33 bits per heavy atom. The van der Waals surface area contributed by atoms with E-state index in [1.807, 2.05) is 11.8 Å². The van der Waals surface area contributed by atoms with Gasteiger partial charge in [0.25, 0.3) is 0 Å². The van der Waals surface area contributed by atoms with E-state index in [-0.39, 0.29) is 11.3 Å². The molecule has 0 radical (unpaired) electrons. The third-order valence-electron chi connectivity index (χ3n) is 2.59. The van der Waals surface area contributed by atoms with Crippen LogP contribution in [0.5, 0.6) is 6.01 Å². The summed E-state index contributed by atoms with van der Waals surface area (Å²) in [4.78, 5) is 14.3. The summed E-state index contributed by atoms with van der Waals surface area (Å²) < 4.78 is 4.93. The summed E-state index contributed by atoms with van der Waals surface area (Å²) in [7, 11) is 1.50. The van der Waals surface area contributed by atoms with Crippen LogP contribution >= 0.6 is 23.4 Å². The number of hydrogen-bond acceptors (Lipinski definition) is 7. The Hall–Kier alpha value is -0.790. The molecule has 1 aliphatic rings. The van der Waals surface area contributed by atoms with Crippen molar-refractivity contribution < 1.29 is 4.74 Å². The first-order valence-electron chi connectivity index (χ1n) is 5.77. The Morgan fingerprint density at radius 2 is 2.11 bits per heavy atom. The second-order valence-electron chi connectivity index (χ2n) is 3.80. The molecule has 0 amide bonds. The monoisotopic (exact) mass is 289 g/mol. The van der Waals surface area contributed by atoms with Gasteiger partial charge in [0.15, 0.2) is 0 Å². The standard InChI is InChI=1S/C10H16ClN5OS/c1-17-10-14-8(11)13-9(15-10)12-2-3-16-4-6-18-7-5-16/h2-7H2,1H3,(H,12,13,14,15). The van der Waals surface area contributed by atoms with Gasteiger partial charge in [-0.3, -0.25) is 4.90 Å². The molecule has 1 saturated heterocycles. The predicted octanol–water partition coefficient (Wildman–Crippen LogP) is 0.994. The lowest BCUT2D eigenvalue weighted by Crippen LogP contribution is -2.36. The van der Waals surface area contributed by atoms with Crippen molar-refractivity contribution in [3.05, 3.63) is 5.28 Å². The second kappa shape index (κ2) is 6.96. The molecule has 1 fully saturated rings. The maximum absolute atomic E-state index is 5.76. The average Bonchev–Trinajstić information content (AvgIpc) is 2.39. The highest BCUT2D eigenvalue weighted by molar-refractivity contribution is 7.99. The van der Waals surface area contributed by atoms with E-state index in [1.165, 1.54) is 18.6 Å². The van der Waals surface area contributed by atoms with E-state index in [2.05, 4.69) is 25.2 Å². The molecule has 0 spiro atoms. The fraction of sp³-hybridized carbons (Fsp3) is 0.700. The summed E-state index contributed by atoms with van der Waals surface area (Å²) in [6.45, 7) is 4.06. The van der Waals surface area contributed by atoms with E-state index >= 15 is 0 Å². The highest BCUT2D eigenvalue weighted by Crippen LogP contribution is 2.11. The maximum atomic E-state index is 5.76. The van der Waals surface area contributed by atoms with E-state index in [4.69, 9.17) is 16.3 Å². The number of rotatable bonds is 5. The molecule has 1 aromatic heterocycles. The van der Waals surface area contributed by atoms with E-state index in [0.29, 0.717) is 5.95 Å². The number of nitrogens with one attached hydrogen (secondary N) is 1. The molecular formula is C10H16ClN5OS. The number of nitrogens with zero attached hydrogens (tertiary/aromatic N) is 4. The topological polar surface area (TPSA) is 63.2 Å². The number of anilines is 1. The van der Waals surface area contributed by atoms with Crippen LogP contribution in [0.1, 0.15) is 0 Å². The third-order valence-corrected chi connectivity index (χ3v) is 3.70. The Kier molecular flexibility index (Phi) is 5.27. The van der Waals surface area contributed by atoms with E-state index in [9.17, 15) is 0 Å². The lowest BCUT2D eigenvalue weighted by molar-refractivity contribution is 0.314. The van der Waals surface area contributed by atoms with Gasteiger partial charge in [0.05, 0.1) is 7.11 Å². The first-order valence-corrected chi connectivity index (χ1v) is 7.31. The SMILES string of the molecule is COc1nc(Cl)nc(NCCN2CCSCC2)n1. The molecule has 0 aliphatic carbocycles. The lowest BCUT2D eigenvalue weighted by Gasteiger charge is -2.25. The molecule has 2 heterocycles. The molecule has 0 atom stereocenters. The van der Waals surface area contributed by atoms with Gasteiger partial charge in [-0.05, 0) is 11.6 Å². The zero-order valence-electron chi connectivity index (χ0n) is 10.2. The summed E-state index contributed by atoms with van der Waals surface area (Å²) in [5, 5.41) is 3.27. The number of thioether (sulfide) groups is 1. The molecule has 18 heavy (non-hydrogen) atoms. The minimum absolute atomic E-state index is 0.138. The van der Waals surface area contributed by atoms with Crippen molar-refractivity contribution in [3.63, 3.8) is 0 Å². The largest absolute Gasteiger partial charge is 0.467 e. The zero-order valence-corrected chi connectivity index (χ0v) is 11.8. The van der Waals surface area contributed by atoms with Gasteiger partial charge in [0, 0.05) is 37.7 Å². The van der Waals surface area contributed by atoms with Crippen molar-refractivity contribution in [2.75, 3.05) is 50.1 Å². The van der Waals surface area contributed by atoms with Gasteiger partial charge in [0.2, 0.25) is 11.2 Å². The van der Waals surface area contributed by atoms with Gasteiger partial charge in [-0.1, -0.05) is 0 Å². The quantitative estimate of drug-likeness (QED) is 0.867. The van der Waals surface area contributed by atoms with Gasteiger partial charge >= 0.3 is 6.01 Å². The Labute approximate surface area is 115 Å². The zero-order chi connectivity index (χ0) is 12.8. The van der Waals surface area contributed by atoms with Crippen molar-refractivity contribution in [3.8, 4) is 6.01 Å². The van der Waals surface area contributed by atoms with Crippen molar-refractivity contribution in [2.45, 2.75) is 0 Å². The van der Waals surface area contributed by atoms with E-state index in [1.54, 1.807) is 0 Å². The van der Waals surface area contributed by atoms with Crippen LogP contribution < -0.4 is 10.1 Å². The first kappa shape index (κ1) is 13.6. The van der Waals surface area contributed by atoms with Crippen LogP contribution in [0.3, 0.4) is 0 Å². The predicted molar refractivity (Wildman–Crippen MR) is 73.6 cm³/mol. The minimum Gasteiger partial charge on any atom is -0.467 e. The van der Waals surface area contributed by atoms with Gasteiger partial charge < -0.3 is 10.1 Å². The second-order valence-corrected chi connectivity index (χ2v) is 5.36. The first-order chi connectivity index (χ1) is 8.78. The molecule has 0 unspecified atom stereocenters. The Balaban J connectivity index is 1.80. The molecule has 0 bridgehead atoms. The summed E-state index contributed by atoms with van der Waals surface area (Å²) >= 11 is 7.77. The van der Waals surface area contributed by atoms with Crippen molar-refractivity contribution >= 4 is 29.3 Å². The number of aromatic nitrogens is 3. The minimum atomic E-state index is 0.138. The summed E-state index contributed by atoms with van der Waals surface area (Å²) in [5.74, 6) is 2.88. The van der Waals surface area contributed by atoms with E-state index in [0.717, 1.165) is 26.2 Å². The van der Waals surface area contributed by atoms with Crippen molar-refractivity contribution in [1.82, 2.24) is 19.9 Å². The summed E-state index contributed by atoms with van der Waals surface area (Å²) in [6.07, 6.45) is 0. The van der Waals surface area contributed by atoms with Gasteiger partial charge in [-0.25, -0.2) is 0 Å². The summed E-state index contributed by atoms with van der Waals surface area (Å²) in [6, 6.07) is 0.229.